The zero-order valence-corrected chi connectivity index (χ0v) is 11.2. The molecule has 1 amide bonds. The van der Waals surface area contributed by atoms with Crippen LogP contribution in [0.25, 0.3) is 0 Å². The van der Waals surface area contributed by atoms with Crippen molar-refractivity contribution in [2.75, 3.05) is 26.4 Å². The van der Waals surface area contributed by atoms with Crippen LogP contribution in [0.2, 0.25) is 0 Å². The van der Waals surface area contributed by atoms with Crippen molar-refractivity contribution in [1.29, 1.82) is 0 Å². The molecule has 104 valence electrons. The minimum absolute atomic E-state index is 0.109. The molecule has 1 aromatic carbocycles. The molecule has 0 aliphatic carbocycles. The number of carbonyl (C=O) groups is 1. The zero-order valence-electron chi connectivity index (χ0n) is 11.2. The SMILES string of the molecule is CC(CNC(=O)c1cccc([N+](=O)[O-])c1N)N(C)C. The van der Waals surface area contributed by atoms with Gasteiger partial charge in [-0.2, -0.15) is 0 Å². The number of nitro benzene ring substituents is 1. The number of benzene rings is 1. The third-order valence-corrected chi connectivity index (χ3v) is 2.96. The standard InChI is InChI=1S/C12H18N4O3/c1-8(15(2)3)7-14-12(17)9-5-4-6-10(11(9)13)16(18)19/h4-6,8H,7,13H2,1-3H3,(H,14,17). The number of rotatable bonds is 5. The zero-order chi connectivity index (χ0) is 14.6. The number of amides is 1. The molecule has 7 nitrogen and oxygen atoms in total. The normalized spacial score (nSPS) is 12.2. The Morgan fingerprint density at radius 3 is 2.68 bits per heavy atom. The van der Waals surface area contributed by atoms with Gasteiger partial charge < -0.3 is 16.0 Å². The summed E-state index contributed by atoms with van der Waals surface area (Å²) in [4.78, 5) is 24.0. The first kappa shape index (κ1) is 14.9. The highest BCUT2D eigenvalue weighted by atomic mass is 16.6. The van der Waals surface area contributed by atoms with E-state index in [4.69, 9.17) is 5.73 Å². The molecule has 3 N–H and O–H groups in total. The van der Waals surface area contributed by atoms with Crippen molar-refractivity contribution in [2.24, 2.45) is 0 Å². The molecule has 0 aromatic heterocycles. The van der Waals surface area contributed by atoms with Crippen LogP contribution in [0, 0.1) is 10.1 Å². The summed E-state index contributed by atoms with van der Waals surface area (Å²) >= 11 is 0. The van der Waals surface area contributed by atoms with Gasteiger partial charge in [0.25, 0.3) is 11.6 Å². The minimum Gasteiger partial charge on any atom is -0.393 e. The molecule has 1 unspecified atom stereocenters. The van der Waals surface area contributed by atoms with Gasteiger partial charge in [0, 0.05) is 18.7 Å². The second-order valence-electron chi connectivity index (χ2n) is 4.52. The Morgan fingerprint density at radius 1 is 1.53 bits per heavy atom. The highest BCUT2D eigenvalue weighted by Crippen LogP contribution is 2.24. The van der Waals surface area contributed by atoms with Gasteiger partial charge in [-0.25, -0.2) is 0 Å². The highest BCUT2D eigenvalue weighted by Gasteiger charge is 2.19. The van der Waals surface area contributed by atoms with Gasteiger partial charge in [0.2, 0.25) is 0 Å². The summed E-state index contributed by atoms with van der Waals surface area (Å²) < 4.78 is 0. The van der Waals surface area contributed by atoms with Crippen molar-refractivity contribution in [1.82, 2.24) is 10.2 Å². The summed E-state index contributed by atoms with van der Waals surface area (Å²) in [5.74, 6) is -0.407. The van der Waals surface area contributed by atoms with Gasteiger partial charge in [-0.1, -0.05) is 6.07 Å². The van der Waals surface area contributed by atoms with Gasteiger partial charge in [0.05, 0.1) is 10.5 Å². The smallest absolute Gasteiger partial charge is 0.292 e. The van der Waals surface area contributed by atoms with Crippen LogP contribution >= 0.6 is 0 Å². The second-order valence-corrected chi connectivity index (χ2v) is 4.52. The number of nitrogen functional groups attached to an aromatic ring is 1. The van der Waals surface area contributed by atoms with Gasteiger partial charge in [-0.05, 0) is 27.1 Å². The maximum Gasteiger partial charge on any atom is 0.292 e. The summed E-state index contributed by atoms with van der Waals surface area (Å²) in [7, 11) is 3.80. The van der Waals surface area contributed by atoms with E-state index in [2.05, 4.69) is 5.32 Å². The molecule has 0 fully saturated rings. The van der Waals surface area contributed by atoms with Gasteiger partial charge >= 0.3 is 0 Å². The van der Waals surface area contributed by atoms with Crippen molar-refractivity contribution < 1.29 is 9.72 Å². The molecule has 1 rings (SSSR count). The highest BCUT2D eigenvalue weighted by molar-refractivity contribution is 6.00. The van der Waals surface area contributed by atoms with E-state index in [9.17, 15) is 14.9 Å². The van der Waals surface area contributed by atoms with E-state index in [1.807, 2.05) is 25.9 Å². The average Bonchev–Trinajstić information content (AvgIpc) is 2.35. The maximum atomic E-state index is 11.9. The average molecular weight is 266 g/mol. The Balaban J connectivity index is 2.83. The summed E-state index contributed by atoms with van der Waals surface area (Å²) in [5.41, 5.74) is 5.40. The number of anilines is 1. The lowest BCUT2D eigenvalue weighted by atomic mass is 10.1. The number of nitrogens with zero attached hydrogens (tertiary/aromatic N) is 2. The van der Waals surface area contributed by atoms with E-state index in [1.54, 1.807) is 0 Å². The van der Waals surface area contributed by atoms with Gasteiger partial charge in [0.15, 0.2) is 0 Å². The lowest BCUT2D eigenvalue weighted by Gasteiger charge is -2.20. The van der Waals surface area contributed by atoms with E-state index in [-0.39, 0.29) is 23.0 Å². The molecule has 7 heteroatoms. The van der Waals surface area contributed by atoms with Crippen LogP contribution < -0.4 is 11.1 Å². The molecule has 0 heterocycles. The van der Waals surface area contributed by atoms with E-state index in [0.717, 1.165) is 0 Å². The first-order valence-corrected chi connectivity index (χ1v) is 5.82. The van der Waals surface area contributed by atoms with Crippen LogP contribution in [-0.4, -0.2) is 42.4 Å². The van der Waals surface area contributed by atoms with E-state index in [0.29, 0.717) is 6.54 Å². The lowest BCUT2D eigenvalue weighted by Crippen LogP contribution is -2.38. The number of hydrogen-bond acceptors (Lipinski definition) is 5. The molecule has 19 heavy (non-hydrogen) atoms. The molecular formula is C12H18N4O3. The third-order valence-electron chi connectivity index (χ3n) is 2.96. The molecule has 0 aliphatic heterocycles. The van der Waals surface area contributed by atoms with Crippen LogP contribution in [0.4, 0.5) is 11.4 Å². The van der Waals surface area contributed by atoms with Crippen LogP contribution in [0.15, 0.2) is 18.2 Å². The monoisotopic (exact) mass is 266 g/mol. The Morgan fingerprint density at radius 2 is 2.16 bits per heavy atom. The van der Waals surface area contributed by atoms with E-state index >= 15 is 0 Å². The number of para-hydroxylation sites is 1. The van der Waals surface area contributed by atoms with Crippen LogP contribution in [0.3, 0.4) is 0 Å². The largest absolute Gasteiger partial charge is 0.393 e. The second kappa shape index (κ2) is 6.14. The number of carbonyl (C=O) groups excluding carboxylic acids is 1. The van der Waals surface area contributed by atoms with Crippen LogP contribution in [0.5, 0.6) is 0 Å². The fourth-order valence-electron chi connectivity index (χ4n) is 1.43. The number of nitrogens with two attached hydrogens (primary N) is 1. The number of nitrogens with one attached hydrogen (secondary N) is 1. The first-order chi connectivity index (χ1) is 8.84. The number of nitro groups is 1. The van der Waals surface area contributed by atoms with Crippen molar-refractivity contribution in [3.63, 3.8) is 0 Å². The van der Waals surface area contributed by atoms with Crippen LogP contribution in [-0.2, 0) is 0 Å². The molecule has 1 aromatic rings. The molecule has 0 bridgehead atoms. The molecular weight excluding hydrogens is 248 g/mol. The quantitative estimate of drug-likeness (QED) is 0.467. The summed E-state index contributed by atoms with van der Waals surface area (Å²) in [6.45, 7) is 2.39. The maximum absolute atomic E-state index is 11.9. The van der Waals surface area contributed by atoms with Crippen molar-refractivity contribution in [2.45, 2.75) is 13.0 Å². The van der Waals surface area contributed by atoms with Crippen molar-refractivity contribution in [3.8, 4) is 0 Å². The Hall–Kier alpha value is -2.15. The predicted molar refractivity (Wildman–Crippen MR) is 73.0 cm³/mol. The third kappa shape index (κ3) is 3.65. The summed E-state index contributed by atoms with van der Waals surface area (Å²) in [6, 6.07) is 4.34. The Labute approximate surface area is 111 Å². The molecule has 1 atom stereocenters. The van der Waals surface area contributed by atoms with Crippen molar-refractivity contribution >= 4 is 17.3 Å². The lowest BCUT2D eigenvalue weighted by molar-refractivity contribution is -0.383. The molecule has 0 aliphatic rings. The Bertz CT molecular complexity index is 488. The van der Waals surface area contributed by atoms with Crippen LogP contribution in [0.1, 0.15) is 17.3 Å². The first-order valence-electron chi connectivity index (χ1n) is 5.82. The summed E-state index contributed by atoms with van der Waals surface area (Å²) in [5, 5.41) is 13.4. The minimum atomic E-state index is -0.603. The molecule has 0 spiro atoms. The number of likely N-dealkylation sites (N-methyl/N-ethyl adjacent to an activating group) is 1. The van der Waals surface area contributed by atoms with Gasteiger partial charge in [-0.3, -0.25) is 14.9 Å². The predicted octanol–water partition coefficient (Wildman–Crippen LogP) is 0.857. The van der Waals surface area contributed by atoms with Gasteiger partial charge in [-0.15, -0.1) is 0 Å². The summed E-state index contributed by atoms with van der Waals surface area (Å²) in [6.07, 6.45) is 0. The topological polar surface area (TPSA) is 101 Å². The molecule has 0 saturated carbocycles. The fourth-order valence-corrected chi connectivity index (χ4v) is 1.43. The fraction of sp³-hybridized carbons (Fsp3) is 0.417. The van der Waals surface area contributed by atoms with E-state index in [1.165, 1.54) is 18.2 Å². The molecule has 0 radical (unpaired) electrons. The van der Waals surface area contributed by atoms with Gasteiger partial charge in [0.1, 0.15) is 5.69 Å². The molecule has 0 saturated heterocycles. The number of hydrogen-bond donors (Lipinski definition) is 2. The Kier molecular flexibility index (Phi) is 4.82. The van der Waals surface area contributed by atoms with Crippen molar-refractivity contribution in [3.05, 3.63) is 33.9 Å². The van der Waals surface area contributed by atoms with E-state index < -0.39 is 10.8 Å².